The normalized spacial score (nSPS) is 10.7. The van der Waals surface area contributed by atoms with Crippen molar-refractivity contribution >= 4 is 11.9 Å². The standard InChI is InChI=1S/C19H16FN5/c20-17-7-9-18(10-8-17)23-22-13-16-14-25(12-4-11-21)24-19(16)15-5-2-1-3-6-15/h1-3,5-10,13-14,23H,4,12H2/b22-13-. The summed E-state index contributed by atoms with van der Waals surface area (Å²) in [7, 11) is 0. The number of nitrogens with zero attached hydrogens (tertiary/aromatic N) is 4. The smallest absolute Gasteiger partial charge is 0.123 e. The molecule has 1 heterocycles. The van der Waals surface area contributed by atoms with Crippen molar-refractivity contribution in [3.8, 4) is 17.3 Å². The first kappa shape index (κ1) is 16.4. The maximum Gasteiger partial charge on any atom is 0.123 e. The molecule has 0 aliphatic carbocycles. The lowest BCUT2D eigenvalue weighted by Gasteiger charge is -2.00. The molecule has 0 radical (unpaired) electrons. The number of aromatic nitrogens is 2. The minimum absolute atomic E-state index is 0.292. The number of hydrazone groups is 1. The maximum atomic E-state index is 12.9. The number of nitrogens with one attached hydrogen (secondary N) is 1. The van der Waals surface area contributed by atoms with Crippen LogP contribution in [0.15, 0.2) is 65.9 Å². The van der Waals surface area contributed by atoms with Crippen LogP contribution < -0.4 is 5.43 Å². The summed E-state index contributed by atoms with van der Waals surface area (Å²) in [5.41, 5.74) is 6.16. The van der Waals surface area contributed by atoms with Gasteiger partial charge in [0, 0.05) is 17.3 Å². The highest BCUT2D eigenvalue weighted by molar-refractivity contribution is 5.88. The molecule has 0 atom stereocenters. The molecule has 3 aromatic rings. The summed E-state index contributed by atoms with van der Waals surface area (Å²) in [6.07, 6.45) is 3.91. The molecule has 0 amide bonds. The van der Waals surface area contributed by atoms with Gasteiger partial charge in [-0.05, 0) is 24.3 Å². The van der Waals surface area contributed by atoms with Gasteiger partial charge in [0.2, 0.25) is 0 Å². The molecule has 1 aromatic heterocycles. The third-order valence-electron chi connectivity index (χ3n) is 3.53. The van der Waals surface area contributed by atoms with E-state index in [1.807, 2.05) is 36.5 Å². The number of benzene rings is 2. The molecule has 5 nitrogen and oxygen atoms in total. The quantitative estimate of drug-likeness (QED) is 0.547. The van der Waals surface area contributed by atoms with Crippen molar-refractivity contribution in [2.24, 2.45) is 5.10 Å². The van der Waals surface area contributed by atoms with Crippen molar-refractivity contribution in [2.45, 2.75) is 13.0 Å². The van der Waals surface area contributed by atoms with E-state index < -0.39 is 0 Å². The van der Waals surface area contributed by atoms with Gasteiger partial charge in [-0.25, -0.2) is 4.39 Å². The highest BCUT2D eigenvalue weighted by Gasteiger charge is 2.09. The van der Waals surface area contributed by atoms with E-state index in [2.05, 4.69) is 21.7 Å². The fourth-order valence-corrected chi connectivity index (χ4v) is 2.33. The number of hydrogen-bond donors (Lipinski definition) is 1. The van der Waals surface area contributed by atoms with Gasteiger partial charge >= 0.3 is 0 Å². The minimum Gasteiger partial charge on any atom is -0.278 e. The van der Waals surface area contributed by atoms with Crippen molar-refractivity contribution < 1.29 is 4.39 Å². The van der Waals surface area contributed by atoms with Crippen LogP contribution in [-0.4, -0.2) is 16.0 Å². The van der Waals surface area contributed by atoms with Crippen LogP contribution in [0, 0.1) is 17.1 Å². The molecule has 3 rings (SSSR count). The predicted molar refractivity (Wildman–Crippen MR) is 95.5 cm³/mol. The van der Waals surface area contributed by atoms with E-state index in [0.29, 0.717) is 18.7 Å². The zero-order valence-corrected chi connectivity index (χ0v) is 13.4. The van der Waals surface area contributed by atoms with Gasteiger partial charge in [-0.3, -0.25) is 10.1 Å². The molecule has 2 aromatic carbocycles. The van der Waals surface area contributed by atoms with Crippen LogP contribution in [0.1, 0.15) is 12.0 Å². The average molecular weight is 333 g/mol. The number of anilines is 1. The molecule has 0 bridgehead atoms. The molecule has 0 saturated heterocycles. The Bertz CT molecular complexity index is 892. The minimum atomic E-state index is -0.292. The van der Waals surface area contributed by atoms with Gasteiger partial charge < -0.3 is 0 Å². The molecular weight excluding hydrogens is 317 g/mol. The summed E-state index contributed by atoms with van der Waals surface area (Å²) in [6.45, 7) is 0.523. The Morgan fingerprint density at radius 3 is 2.64 bits per heavy atom. The lowest BCUT2D eigenvalue weighted by molar-refractivity contribution is 0.628. The van der Waals surface area contributed by atoms with Gasteiger partial charge in [0.15, 0.2) is 0 Å². The van der Waals surface area contributed by atoms with Gasteiger partial charge in [0.05, 0.1) is 30.9 Å². The van der Waals surface area contributed by atoms with Gasteiger partial charge in [0.25, 0.3) is 0 Å². The summed E-state index contributed by atoms with van der Waals surface area (Å²) in [5.74, 6) is -0.292. The Labute approximate surface area is 145 Å². The van der Waals surface area contributed by atoms with Crippen molar-refractivity contribution in [3.63, 3.8) is 0 Å². The fraction of sp³-hybridized carbons (Fsp3) is 0.105. The molecule has 0 unspecified atom stereocenters. The second-order valence-corrected chi connectivity index (χ2v) is 5.35. The molecule has 6 heteroatoms. The number of rotatable bonds is 6. The molecular formula is C19H16FN5. The molecule has 25 heavy (non-hydrogen) atoms. The summed E-state index contributed by atoms with van der Waals surface area (Å²) in [6, 6.07) is 17.9. The lowest BCUT2D eigenvalue weighted by Crippen LogP contribution is -1.97. The second kappa shape index (κ2) is 7.88. The van der Waals surface area contributed by atoms with Crippen LogP contribution in [0.25, 0.3) is 11.3 Å². The molecule has 0 aliphatic heterocycles. The topological polar surface area (TPSA) is 66.0 Å². The molecule has 124 valence electrons. The van der Waals surface area contributed by atoms with Crippen molar-refractivity contribution in [1.29, 1.82) is 5.26 Å². The molecule has 0 fully saturated rings. The van der Waals surface area contributed by atoms with Gasteiger partial charge in [-0.15, -0.1) is 0 Å². The number of nitriles is 1. The van der Waals surface area contributed by atoms with E-state index in [4.69, 9.17) is 5.26 Å². The Kier molecular flexibility index (Phi) is 5.17. The third-order valence-corrected chi connectivity index (χ3v) is 3.53. The van der Waals surface area contributed by atoms with Crippen LogP contribution in [0.5, 0.6) is 0 Å². The Morgan fingerprint density at radius 1 is 1.16 bits per heavy atom. The summed E-state index contributed by atoms with van der Waals surface area (Å²) >= 11 is 0. The van der Waals surface area contributed by atoms with Gasteiger partial charge in [-0.1, -0.05) is 30.3 Å². The zero-order valence-electron chi connectivity index (χ0n) is 13.4. The zero-order chi connectivity index (χ0) is 17.5. The van der Waals surface area contributed by atoms with Crippen LogP contribution in [-0.2, 0) is 6.54 Å². The first-order valence-electron chi connectivity index (χ1n) is 7.81. The SMILES string of the molecule is N#CCCn1cc(/C=N\Nc2ccc(F)cc2)c(-c2ccccc2)n1. The van der Waals surface area contributed by atoms with Gasteiger partial charge in [-0.2, -0.15) is 15.5 Å². The molecule has 0 aliphatic rings. The second-order valence-electron chi connectivity index (χ2n) is 5.35. The van der Waals surface area contributed by atoms with E-state index in [1.54, 1.807) is 23.0 Å². The maximum absolute atomic E-state index is 12.9. The van der Waals surface area contributed by atoms with Crippen LogP contribution >= 0.6 is 0 Å². The molecule has 1 N–H and O–H groups in total. The van der Waals surface area contributed by atoms with E-state index in [0.717, 1.165) is 16.8 Å². The summed E-state index contributed by atoms with van der Waals surface area (Å²) in [5, 5.41) is 17.5. The van der Waals surface area contributed by atoms with Crippen molar-refractivity contribution in [2.75, 3.05) is 5.43 Å². The van der Waals surface area contributed by atoms with Crippen molar-refractivity contribution in [1.82, 2.24) is 9.78 Å². The fourth-order valence-electron chi connectivity index (χ4n) is 2.33. The number of halogens is 1. The molecule has 0 spiro atoms. The number of aryl methyl sites for hydroxylation is 1. The largest absolute Gasteiger partial charge is 0.278 e. The highest BCUT2D eigenvalue weighted by atomic mass is 19.1. The monoisotopic (exact) mass is 333 g/mol. The van der Waals surface area contributed by atoms with Crippen molar-refractivity contribution in [3.05, 3.63) is 72.2 Å². The number of hydrogen-bond acceptors (Lipinski definition) is 4. The summed E-state index contributed by atoms with van der Waals surface area (Å²) < 4.78 is 14.7. The van der Waals surface area contributed by atoms with Crippen LogP contribution in [0.4, 0.5) is 10.1 Å². The Balaban J connectivity index is 1.83. The lowest BCUT2D eigenvalue weighted by atomic mass is 10.1. The first-order chi connectivity index (χ1) is 12.3. The van der Waals surface area contributed by atoms with Crippen LogP contribution in [0.3, 0.4) is 0 Å². The van der Waals surface area contributed by atoms with E-state index >= 15 is 0 Å². The van der Waals surface area contributed by atoms with Gasteiger partial charge in [0.1, 0.15) is 11.5 Å². The first-order valence-corrected chi connectivity index (χ1v) is 7.81. The predicted octanol–water partition coefficient (Wildman–Crippen LogP) is 4.05. The molecule has 0 saturated carbocycles. The third kappa shape index (κ3) is 4.30. The highest BCUT2D eigenvalue weighted by Crippen LogP contribution is 2.21. The summed E-state index contributed by atoms with van der Waals surface area (Å²) in [4.78, 5) is 0. The average Bonchev–Trinajstić information content (AvgIpc) is 3.05. The van der Waals surface area contributed by atoms with E-state index in [1.165, 1.54) is 12.1 Å². The van der Waals surface area contributed by atoms with E-state index in [-0.39, 0.29) is 5.82 Å². The van der Waals surface area contributed by atoms with Crippen LogP contribution in [0.2, 0.25) is 0 Å². The Morgan fingerprint density at radius 2 is 1.92 bits per heavy atom. The van der Waals surface area contributed by atoms with E-state index in [9.17, 15) is 4.39 Å². The Hall–Kier alpha value is -3.46.